The molecule has 1 radical (unpaired) electrons. The van der Waals surface area contributed by atoms with Crippen LogP contribution in [-0.4, -0.2) is 80.6 Å². The number of thiazole rings is 2. The van der Waals surface area contributed by atoms with Crippen molar-refractivity contribution in [1.29, 1.82) is 0 Å². The third-order valence-corrected chi connectivity index (χ3v) is 11.4. The van der Waals surface area contributed by atoms with Gasteiger partial charge in [0.25, 0.3) is 0 Å². The number of allylic oxidation sites excluding steroid dienone is 7. The molecule has 2 aromatic heterocycles. The first-order valence-corrected chi connectivity index (χ1v) is 21.0. The van der Waals surface area contributed by atoms with Gasteiger partial charge in [-0.1, -0.05) is 34.3 Å². The number of aliphatic hydroxyl groups excluding tert-OH is 2. The van der Waals surface area contributed by atoms with Crippen LogP contribution in [0.25, 0.3) is 6.08 Å². The molecule has 0 amide bonds. The van der Waals surface area contributed by atoms with Crippen molar-refractivity contribution in [2.24, 2.45) is 20.4 Å². The molecule has 3 aliphatic rings. The summed E-state index contributed by atoms with van der Waals surface area (Å²) in [5.74, 6) is -0.428. The monoisotopic (exact) mass is 986 g/mol. The second-order valence-corrected chi connectivity index (χ2v) is 16.3. The summed E-state index contributed by atoms with van der Waals surface area (Å²) in [7, 11) is 3.84. The van der Waals surface area contributed by atoms with E-state index in [0.29, 0.717) is 0 Å². The van der Waals surface area contributed by atoms with Crippen LogP contribution in [0, 0.1) is 20.2 Å². The number of nitro groups is 2. The molecule has 2 aromatic carbocycles. The molecule has 19 nitrogen and oxygen atoms in total. The molecule has 2 N–H and O–H groups in total. The number of anilines is 1. The van der Waals surface area contributed by atoms with Crippen LogP contribution in [0.4, 0.5) is 21.4 Å². The van der Waals surface area contributed by atoms with E-state index in [0.717, 1.165) is 76.6 Å². The minimum absolute atomic E-state index is 0. The Morgan fingerprint density at radius 1 is 0.831 bits per heavy atom. The van der Waals surface area contributed by atoms with Crippen LogP contribution >= 0.6 is 34.3 Å². The normalized spacial score (nSPS) is 16.7. The molecule has 341 valence electrons. The Morgan fingerprint density at radius 2 is 1.35 bits per heavy atom. The van der Waals surface area contributed by atoms with Crippen LogP contribution in [-0.2, 0) is 31.8 Å². The number of halogens is 1. The fraction of sp³-hybridized carbons (Fsp3) is 0.214. The number of aliphatic hydroxyl groups is 2. The van der Waals surface area contributed by atoms with Gasteiger partial charge in [-0.2, -0.15) is 4.58 Å². The Balaban J connectivity index is 0.000000220. The fourth-order valence-corrected chi connectivity index (χ4v) is 7.52. The standard InChI is InChI=1S/C24H30ClN2O.2C9H6N4O4S.Co/c1-7-27(8-2)19-12-9-17(22(16-19)28-6)10-14-23-24(3,4)20-15-18(25)11-13-21(20)26(23)5;2*14-5-1-2-6(7(15)3-5)11-12-9-10-4-8(18-9)13(16)17;/h9-16H,7-8H2,1-6H3;2*1-4H,(H2,10,12,14,15);/q+1;;;/p-2. The van der Waals surface area contributed by atoms with Gasteiger partial charge in [-0.15, -0.1) is 0 Å². The second-order valence-electron chi connectivity index (χ2n) is 13.8. The zero-order chi connectivity index (χ0) is 46.7. The van der Waals surface area contributed by atoms with Gasteiger partial charge in [-0.3, -0.25) is 40.0 Å². The number of ether oxygens (including phenoxy) is 1. The van der Waals surface area contributed by atoms with Crippen molar-refractivity contribution in [3.63, 3.8) is 0 Å². The first kappa shape index (κ1) is 50.8. The zero-order valence-electron chi connectivity index (χ0n) is 35.4. The third-order valence-electron chi connectivity index (χ3n) is 9.46. The maximum Gasteiger partial charge on any atom is 0.319 e. The molecular weight excluding hydrogens is 947 g/mol. The molecular formula is C42H40ClCoN10O9S2-. The van der Waals surface area contributed by atoms with E-state index in [2.05, 4.69) is 117 Å². The van der Waals surface area contributed by atoms with E-state index >= 15 is 0 Å². The van der Waals surface area contributed by atoms with E-state index in [1.807, 2.05) is 6.07 Å². The molecule has 1 aliphatic heterocycles. The van der Waals surface area contributed by atoms with Crippen molar-refractivity contribution >= 4 is 90.4 Å². The van der Waals surface area contributed by atoms with E-state index in [1.165, 1.54) is 47.0 Å². The first-order valence-electron chi connectivity index (χ1n) is 19.0. The quantitative estimate of drug-likeness (QED) is 0.0719. The van der Waals surface area contributed by atoms with Crippen LogP contribution in [0.2, 0.25) is 5.02 Å². The second kappa shape index (κ2) is 22.7. The summed E-state index contributed by atoms with van der Waals surface area (Å²) in [6.45, 7) is 10.8. The van der Waals surface area contributed by atoms with Crippen molar-refractivity contribution in [3.05, 3.63) is 149 Å². The molecule has 0 unspecified atom stereocenters. The summed E-state index contributed by atoms with van der Waals surface area (Å²) in [5, 5.41) is 54.6. The third kappa shape index (κ3) is 12.9. The molecule has 0 spiro atoms. The Morgan fingerprint density at radius 3 is 1.80 bits per heavy atom. The van der Waals surface area contributed by atoms with Crippen LogP contribution in [0.1, 0.15) is 38.8 Å². The summed E-state index contributed by atoms with van der Waals surface area (Å²) < 4.78 is 7.93. The number of hydrogen-bond donors (Lipinski definition) is 2. The molecule has 0 atom stereocenters. The van der Waals surface area contributed by atoms with Crippen molar-refractivity contribution in [2.75, 3.05) is 32.1 Å². The number of ketones is 2. The molecule has 4 aromatic rings. The molecule has 0 saturated heterocycles. The Labute approximate surface area is 394 Å². The molecule has 7 rings (SSSR count). The fourth-order valence-electron chi connectivity index (χ4n) is 6.24. The number of benzene rings is 2. The van der Waals surface area contributed by atoms with Gasteiger partial charge in [0.2, 0.25) is 5.69 Å². The average Bonchev–Trinajstić information content (AvgIpc) is 3.99. The van der Waals surface area contributed by atoms with Gasteiger partial charge >= 0.3 is 10.0 Å². The number of hydrogen-bond acceptors (Lipinski definition) is 16. The minimum Gasteiger partial charge on any atom is -0.506 e. The Bertz CT molecular complexity index is 2780. The largest absolute Gasteiger partial charge is 0.506 e. The maximum absolute atomic E-state index is 10.9. The summed E-state index contributed by atoms with van der Waals surface area (Å²) in [6.07, 6.45) is 13.5. The number of carbonyl (C=O) groups is 2. The van der Waals surface area contributed by atoms with Gasteiger partial charge in [-0.25, -0.2) is 0 Å². The van der Waals surface area contributed by atoms with E-state index < -0.39 is 9.85 Å². The number of nitrogens with zero attached hydrogens (tertiary/aromatic N) is 10. The van der Waals surface area contributed by atoms with E-state index in [9.17, 15) is 40.0 Å². The molecule has 23 heteroatoms. The number of rotatable bonds is 10. The molecule has 2 aliphatic carbocycles. The smallest absolute Gasteiger partial charge is 0.319 e. The van der Waals surface area contributed by atoms with Crippen molar-refractivity contribution < 1.29 is 55.7 Å². The molecule has 3 heterocycles. The predicted octanol–water partition coefficient (Wildman–Crippen LogP) is 6.81. The molecule has 0 fully saturated rings. The van der Waals surface area contributed by atoms with Gasteiger partial charge in [0.05, 0.1) is 22.4 Å². The van der Waals surface area contributed by atoms with Crippen molar-refractivity contribution in [3.8, 4) is 5.75 Å². The summed E-state index contributed by atoms with van der Waals surface area (Å²) >= 11 is 7.77. The SMILES string of the molecule is CCN(CC)c1ccc(/C=C/C2=[N+](C)c3ccc(Cl)cc3C2(C)C)c(OC)c1.O=C1C=CC(=NN=c2[n-]cc([N+](=O)[O-])s2)C(O)=C1.O=C1C=CC(=NN=c2[n-]cc([N+](=O)[O-])s2)C(O)=C1.[Co]. The van der Waals surface area contributed by atoms with E-state index in [-0.39, 0.29) is 76.3 Å². The molecule has 0 bridgehead atoms. The van der Waals surface area contributed by atoms with Crippen LogP contribution < -0.4 is 29.2 Å². The number of fused-ring (bicyclic) bond motifs is 1. The van der Waals surface area contributed by atoms with Gasteiger partial charge in [0.1, 0.15) is 35.7 Å². The summed E-state index contributed by atoms with van der Waals surface area (Å²) in [4.78, 5) is 51.3. The molecule has 0 saturated carbocycles. The number of carbonyl (C=O) groups excluding carboxylic acids is 2. The number of aromatic nitrogens is 2. The zero-order valence-corrected chi connectivity index (χ0v) is 38.8. The maximum atomic E-state index is 10.9. The van der Waals surface area contributed by atoms with Crippen LogP contribution in [0.3, 0.4) is 0 Å². The van der Waals surface area contributed by atoms with E-state index in [4.69, 9.17) is 16.3 Å². The van der Waals surface area contributed by atoms with Gasteiger partial charge in [0, 0.05) is 104 Å². The topological polar surface area (TPSA) is 254 Å². The number of methoxy groups -OCH3 is 1. The van der Waals surface area contributed by atoms with Crippen LogP contribution in [0.5, 0.6) is 5.75 Å². The predicted molar refractivity (Wildman–Crippen MR) is 245 cm³/mol. The Kier molecular flexibility index (Phi) is 17.7. The van der Waals surface area contributed by atoms with E-state index in [1.54, 1.807) is 7.11 Å². The summed E-state index contributed by atoms with van der Waals surface area (Å²) in [6, 6.07) is 12.5. The minimum atomic E-state index is -0.583. The van der Waals surface area contributed by atoms with Crippen molar-refractivity contribution in [2.45, 2.75) is 33.1 Å². The molecule has 65 heavy (non-hydrogen) atoms. The Hall–Kier alpha value is -6.85. The first-order chi connectivity index (χ1) is 30.4. The van der Waals surface area contributed by atoms with Gasteiger partial charge in [0.15, 0.2) is 17.3 Å². The van der Waals surface area contributed by atoms with Gasteiger partial charge < -0.3 is 40.0 Å². The van der Waals surface area contributed by atoms with Gasteiger partial charge in [-0.05, 0) is 82.3 Å². The van der Waals surface area contributed by atoms with Crippen LogP contribution in [0.15, 0.2) is 123 Å². The average molecular weight is 987 g/mol. The summed E-state index contributed by atoms with van der Waals surface area (Å²) in [5.41, 5.74) is 6.03. The van der Waals surface area contributed by atoms with Crippen molar-refractivity contribution in [1.82, 2.24) is 9.97 Å².